The second kappa shape index (κ2) is 2.75. The van der Waals surface area contributed by atoms with E-state index < -0.39 is 0 Å². The van der Waals surface area contributed by atoms with Gasteiger partial charge >= 0.3 is 0 Å². The Kier molecular flexibility index (Phi) is 1.73. The summed E-state index contributed by atoms with van der Waals surface area (Å²) in [6, 6.07) is 3.79. The first kappa shape index (κ1) is 7.55. The SMILES string of the molecule is N#Cc1cc2c(I)c[nH]c2cn1. The molecule has 0 amide bonds. The molecule has 4 heteroatoms. The summed E-state index contributed by atoms with van der Waals surface area (Å²) in [5.41, 5.74) is 1.43. The van der Waals surface area contributed by atoms with Crippen molar-refractivity contribution in [3.8, 4) is 6.07 Å². The van der Waals surface area contributed by atoms with Gasteiger partial charge < -0.3 is 4.98 Å². The van der Waals surface area contributed by atoms with Gasteiger partial charge in [-0.2, -0.15) is 5.26 Å². The van der Waals surface area contributed by atoms with E-state index in [1.54, 1.807) is 12.3 Å². The van der Waals surface area contributed by atoms with Gasteiger partial charge in [-0.25, -0.2) is 4.98 Å². The molecule has 0 fully saturated rings. The molecule has 1 N–H and O–H groups in total. The van der Waals surface area contributed by atoms with Crippen LogP contribution in [0.3, 0.4) is 0 Å². The van der Waals surface area contributed by atoms with Crippen LogP contribution < -0.4 is 0 Å². The van der Waals surface area contributed by atoms with Crippen molar-refractivity contribution in [2.24, 2.45) is 0 Å². The zero-order chi connectivity index (χ0) is 8.55. The maximum absolute atomic E-state index is 8.60. The highest BCUT2D eigenvalue weighted by Crippen LogP contribution is 2.19. The van der Waals surface area contributed by atoms with Crippen LogP contribution in [0.1, 0.15) is 5.69 Å². The Morgan fingerprint density at radius 3 is 3.17 bits per heavy atom. The first-order chi connectivity index (χ1) is 5.81. The number of nitriles is 1. The third-order valence-corrected chi connectivity index (χ3v) is 2.52. The number of H-pyrrole nitrogens is 1. The maximum atomic E-state index is 8.60. The van der Waals surface area contributed by atoms with Gasteiger partial charge in [0.05, 0.1) is 11.7 Å². The van der Waals surface area contributed by atoms with Crippen LogP contribution in [0.15, 0.2) is 18.5 Å². The van der Waals surface area contributed by atoms with Crippen molar-refractivity contribution in [1.29, 1.82) is 5.26 Å². The van der Waals surface area contributed by atoms with Gasteiger partial charge in [0, 0.05) is 15.2 Å². The molecule has 0 radical (unpaired) electrons. The molecular formula is C8H4IN3. The number of aromatic amines is 1. The highest BCUT2D eigenvalue weighted by Gasteiger charge is 2.01. The lowest BCUT2D eigenvalue weighted by atomic mass is 10.3. The van der Waals surface area contributed by atoms with Crippen molar-refractivity contribution >= 4 is 33.5 Å². The minimum atomic E-state index is 0.458. The first-order valence-corrected chi connectivity index (χ1v) is 4.42. The number of fused-ring (bicyclic) bond motifs is 1. The van der Waals surface area contributed by atoms with Crippen molar-refractivity contribution in [2.45, 2.75) is 0 Å². The number of halogens is 1. The summed E-state index contributed by atoms with van der Waals surface area (Å²) in [6.45, 7) is 0. The highest BCUT2D eigenvalue weighted by molar-refractivity contribution is 14.1. The molecule has 3 nitrogen and oxygen atoms in total. The summed E-state index contributed by atoms with van der Waals surface area (Å²) in [4.78, 5) is 7.00. The molecule has 0 aliphatic rings. The standard InChI is InChI=1S/C8H4IN3/c9-7-3-12-8-4-11-5(2-10)1-6(7)8/h1,3-4,12H. The van der Waals surface area contributed by atoms with Gasteiger partial charge in [0.15, 0.2) is 0 Å². The van der Waals surface area contributed by atoms with Gasteiger partial charge in [-0.15, -0.1) is 0 Å². The van der Waals surface area contributed by atoms with Crippen LogP contribution in [0.25, 0.3) is 10.9 Å². The molecule has 0 bridgehead atoms. The average Bonchev–Trinajstić information content (AvgIpc) is 2.47. The molecule has 12 heavy (non-hydrogen) atoms. The lowest BCUT2D eigenvalue weighted by Crippen LogP contribution is -1.80. The van der Waals surface area contributed by atoms with Crippen molar-refractivity contribution in [3.63, 3.8) is 0 Å². The largest absolute Gasteiger partial charge is 0.359 e. The number of nitrogens with one attached hydrogen (secondary N) is 1. The fourth-order valence-electron chi connectivity index (χ4n) is 1.05. The molecule has 0 aliphatic carbocycles. The summed E-state index contributed by atoms with van der Waals surface area (Å²) in [5, 5.41) is 9.66. The lowest BCUT2D eigenvalue weighted by molar-refractivity contribution is 1.28. The maximum Gasteiger partial charge on any atom is 0.141 e. The number of hydrogen-bond acceptors (Lipinski definition) is 2. The van der Waals surface area contributed by atoms with Crippen molar-refractivity contribution in [2.75, 3.05) is 0 Å². The summed E-state index contributed by atoms with van der Waals surface area (Å²) < 4.78 is 1.11. The van der Waals surface area contributed by atoms with E-state index in [9.17, 15) is 0 Å². The average molecular weight is 269 g/mol. The van der Waals surface area contributed by atoms with Gasteiger partial charge in [-0.05, 0) is 28.7 Å². The molecule has 0 atom stereocenters. The van der Waals surface area contributed by atoms with Gasteiger partial charge in [0.1, 0.15) is 11.8 Å². The molecule has 0 saturated heterocycles. The molecule has 2 rings (SSSR count). The van der Waals surface area contributed by atoms with Crippen molar-refractivity contribution in [3.05, 3.63) is 27.7 Å². The second-order valence-electron chi connectivity index (χ2n) is 2.36. The Labute approximate surface area is 82.6 Å². The zero-order valence-corrected chi connectivity index (χ0v) is 8.16. The van der Waals surface area contributed by atoms with Crippen LogP contribution in [0.2, 0.25) is 0 Å². The zero-order valence-electron chi connectivity index (χ0n) is 6.00. The molecule has 2 aromatic heterocycles. The second-order valence-corrected chi connectivity index (χ2v) is 3.53. The quantitative estimate of drug-likeness (QED) is 0.744. The van der Waals surface area contributed by atoms with E-state index in [1.807, 2.05) is 12.3 Å². The van der Waals surface area contributed by atoms with Crippen LogP contribution in [0, 0.1) is 14.9 Å². The van der Waals surface area contributed by atoms with E-state index >= 15 is 0 Å². The predicted molar refractivity (Wildman–Crippen MR) is 53.5 cm³/mol. The minimum absolute atomic E-state index is 0.458. The Balaban J connectivity index is 2.82. The first-order valence-electron chi connectivity index (χ1n) is 3.34. The molecule has 58 valence electrons. The normalized spacial score (nSPS) is 10.0. The van der Waals surface area contributed by atoms with Crippen LogP contribution in [-0.4, -0.2) is 9.97 Å². The van der Waals surface area contributed by atoms with E-state index in [2.05, 4.69) is 32.6 Å². The number of aromatic nitrogens is 2. The topological polar surface area (TPSA) is 52.5 Å². The molecule has 0 saturated carbocycles. The van der Waals surface area contributed by atoms with E-state index in [-0.39, 0.29) is 0 Å². The van der Waals surface area contributed by atoms with Crippen molar-refractivity contribution in [1.82, 2.24) is 9.97 Å². The molecule has 0 aliphatic heterocycles. The number of hydrogen-bond donors (Lipinski definition) is 1. The summed E-state index contributed by atoms with van der Waals surface area (Å²) >= 11 is 2.22. The van der Waals surface area contributed by atoms with Gasteiger partial charge in [0.2, 0.25) is 0 Å². The van der Waals surface area contributed by atoms with E-state index in [4.69, 9.17) is 5.26 Å². The third-order valence-electron chi connectivity index (χ3n) is 1.63. The molecule has 0 spiro atoms. The fraction of sp³-hybridized carbons (Fsp3) is 0. The summed E-state index contributed by atoms with van der Waals surface area (Å²) in [7, 11) is 0. The fourth-order valence-corrected chi connectivity index (χ4v) is 1.65. The predicted octanol–water partition coefficient (Wildman–Crippen LogP) is 2.04. The third kappa shape index (κ3) is 1.06. The highest BCUT2D eigenvalue weighted by atomic mass is 127. The molecule has 2 heterocycles. The lowest BCUT2D eigenvalue weighted by Gasteiger charge is -1.89. The Morgan fingerprint density at radius 2 is 2.42 bits per heavy atom. The number of rotatable bonds is 0. The Morgan fingerprint density at radius 1 is 1.58 bits per heavy atom. The molecule has 2 aromatic rings. The van der Waals surface area contributed by atoms with Crippen LogP contribution in [0.4, 0.5) is 0 Å². The van der Waals surface area contributed by atoms with E-state index in [1.165, 1.54) is 0 Å². The molecule has 0 aromatic carbocycles. The van der Waals surface area contributed by atoms with Gasteiger partial charge in [0.25, 0.3) is 0 Å². The van der Waals surface area contributed by atoms with Gasteiger partial charge in [-0.1, -0.05) is 0 Å². The van der Waals surface area contributed by atoms with Crippen LogP contribution in [-0.2, 0) is 0 Å². The molecular weight excluding hydrogens is 265 g/mol. The van der Waals surface area contributed by atoms with E-state index in [0.29, 0.717) is 5.69 Å². The van der Waals surface area contributed by atoms with Crippen LogP contribution >= 0.6 is 22.6 Å². The summed E-state index contributed by atoms with van der Waals surface area (Å²) in [5.74, 6) is 0. The Hall–Kier alpha value is -1.09. The van der Waals surface area contributed by atoms with Gasteiger partial charge in [-0.3, -0.25) is 0 Å². The van der Waals surface area contributed by atoms with Crippen molar-refractivity contribution < 1.29 is 0 Å². The number of pyridine rings is 1. The molecule has 0 unspecified atom stereocenters. The minimum Gasteiger partial charge on any atom is -0.359 e. The van der Waals surface area contributed by atoms with E-state index in [0.717, 1.165) is 14.5 Å². The summed E-state index contributed by atoms with van der Waals surface area (Å²) in [6.07, 6.45) is 3.57. The Bertz CT molecular complexity index is 467. The van der Waals surface area contributed by atoms with Crippen LogP contribution in [0.5, 0.6) is 0 Å². The smallest absolute Gasteiger partial charge is 0.141 e. The monoisotopic (exact) mass is 269 g/mol. The number of nitrogens with zero attached hydrogens (tertiary/aromatic N) is 2.